The van der Waals surface area contributed by atoms with Crippen molar-refractivity contribution in [2.45, 2.75) is 63.5 Å². The number of likely N-dealkylation sites (N-methyl/N-ethyl adjacent to an activating group) is 1. The Kier molecular flexibility index (Phi) is 7.27. The number of rotatable bonds is 9. The van der Waals surface area contributed by atoms with Crippen LogP contribution in [0.25, 0.3) is 0 Å². The number of nitrogens with zero attached hydrogens (tertiary/aromatic N) is 4. The minimum Gasteiger partial charge on any atom is -0.370 e. The van der Waals surface area contributed by atoms with Gasteiger partial charge in [0, 0.05) is 45.3 Å². The molecule has 3 fully saturated rings. The summed E-state index contributed by atoms with van der Waals surface area (Å²) in [5.74, 6) is 1.05. The van der Waals surface area contributed by atoms with E-state index in [-0.39, 0.29) is 36.4 Å². The molecule has 8 heteroatoms. The van der Waals surface area contributed by atoms with Crippen LogP contribution in [-0.2, 0) is 14.3 Å². The van der Waals surface area contributed by atoms with Gasteiger partial charge in [-0.15, -0.1) is 0 Å². The van der Waals surface area contributed by atoms with Crippen molar-refractivity contribution >= 4 is 17.5 Å². The van der Waals surface area contributed by atoms with Crippen LogP contribution in [0.4, 0.5) is 5.69 Å². The number of nitrogens with one attached hydrogen (secondary N) is 1. The maximum atomic E-state index is 12.0. The smallest absolute Gasteiger partial charge is 0.248 e. The van der Waals surface area contributed by atoms with E-state index in [0.29, 0.717) is 6.61 Å². The van der Waals surface area contributed by atoms with Crippen molar-refractivity contribution in [2.75, 3.05) is 45.7 Å². The summed E-state index contributed by atoms with van der Waals surface area (Å²) in [6.45, 7) is 2.72. The Balaban J connectivity index is 1.36. The van der Waals surface area contributed by atoms with Crippen LogP contribution in [-0.4, -0.2) is 77.8 Å². The Labute approximate surface area is 185 Å². The first kappa shape index (κ1) is 22.3. The Bertz CT molecular complexity index is 754. The number of carbonyl (C=O) groups excluding carboxylic acids is 2. The lowest BCUT2D eigenvalue weighted by atomic mass is 9.89. The molecule has 0 spiro atoms. The second-order valence-electron chi connectivity index (χ2n) is 9.78. The molecular weight excluding hydrogens is 394 g/mol. The van der Waals surface area contributed by atoms with Gasteiger partial charge in [0.2, 0.25) is 11.8 Å². The number of anilines is 1. The van der Waals surface area contributed by atoms with Gasteiger partial charge in [-0.3, -0.25) is 19.2 Å². The highest BCUT2D eigenvalue weighted by Crippen LogP contribution is 2.33. The van der Waals surface area contributed by atoms with Gasteiger partial charge in [0.05, 0.1) is 24.5 Å². The number of likely N-dealkylation sites (tertiary alicyclic amines) is 1. The molecule has 0 bridgehead atoms. The fraction of sp³-hybridized carbons (Fsp3) is 0.783. The zero-order valence-electron chi connectivity index (χ0n) is 19.0. The monoisotopic (exact) mass is 431 g/mol. The third kappa shape index (κ3) is 6.07. The molecule has 3 aliphatic rings. The normalized spacial score (nSPS) is 25.0. The highest BCUT2D eigenvalue weighted by atomic mass is 16.5. The third-order valence-electron chi connectivity index (χ3n) is 6.95. The Morgan fingerprint density at radius 2 is 1.97 bits per heavy atom. The molecule has 2 aliphatic carbocycles. The van der Waals surface area contributed by atoms with Gasteiger partial charge in [-0.05, 0) is 38.0 Å². The van der Waals surface area contributed by atoms with Gasteiger partial charge < -0.3 is 15.0 Å². The van der Waals surface area contributed by atoms with Gasteiger partial charge in [-0.25, -0.2) is 0 Å². The number of carbonyl (C=O) groups is 2. The molecule has 2 atom stereocenters. The molecule has 0 aromatic carbocycles. The molecule has 1 N–H and O–H groups in total. The van der Waals surface area contributed by atoms with Crippen LogP contribution in [0.1, 0.15) is 57.4 Å². The topological polar surface area (TPSA) is 79.7 Å². The van der Waals surface area contributed by atoms with Crippen LogP contribution in [0.2, 0.25) is 0 Å². The van der Waals surface area contributed by atoms with E-state index < -0.39 is 0 Å². The lowest BCUT2D eigenvalue weighted by Crippen LogP contribution is -2.38. The Morgan fingerprint density at radius 1 is 1.19 bits per heavy atom. The highest BCUT2D eigenvalue weighted by molar-refractivity contribution is 5.93. The van der Waals surface area contributed by atoms with Crippen LogP contribution >= 0.6 is 0 Å². The minimum absolute atomic E-state index is 0.00324. The lowest BCUT2D eigenvalue weighted by Gasteiger charge is -2.30. The zero-order chi connectivity index (χ0) is 21.8. The van der Waals surface area contributed by atoms with Gasteiger partial charge in [0.15, 0.2) is 0 Å². The fourth-order valence-corrected chi connectivity index (χ4v) is 4.85. The van der Waals surface area contributed by atoms with Crippen LogP contribution in [0.15, 0.2) is 12.4 Å². The third-order valence-corrected chi connectivity index (χ3v) is 6.95. The van der Waals surface area contributed by atoms with Gasteiger partial charge in [-0.2, -0.15) is 5.10 Å². The second-order valence-corrected chi connectivity index (χ2v) is 9.78. The molecule has 31 heavy (non-hydrogen) atoms. The summed E-state index contributed by atoms with van der Waals surface area (Å²) in [7, 11) is 3.51. The number of aromatic nitrogens is 2. The first-order valence-corrected chi connectivity index (χ1v) is 11.9. The molecule has 2 amide bonds. The Hall–Kier alpha value is -1.93. The van der Waals surface area contributed by atoms with Crippen LogP contribution < -0.4 is 5.32 Å². The molecule has 172 valence electrons. The fourth-order valence-electron chi connectivity index (χ4n) is 4.85. The number of hydrogen-bond donors (Lipinski definition) is 1. The maximum Gasteiger partial charge on any atom is 0.248 e. The first-order valence-electron chi connectivity index (χ1n) is 11.9. The van der Waals surface area contributed by atoms with Crippen molar-refractivity contribution in [3.63, 3.8) is 0 Å². The summed E-state index contributed by atoms with van der Waals surface area (Å²) in [6.07, 6.45) is 13.3. The quantitative estimate of drug-likeness (QED) is 0.650. The molecule has 1 aromatic heterocycles. The van der Waals surface area contributed by atoms with Crippen LogP contribution in [0.5, 0.6) is 0 Å². The zero-order valence-corrected chi connectivity index (χ0v) is 19.0. The van der Waals surface area contributed by atoms with E-state index in [4.69, 9.17) is 4.74 Å². The van der Waals surface area contributed by atoms with E-state index in [1.807, 2.05) is 10.9 Å². The van der Waals surface area contributed by atoms with Crippen LogP contribution in [0.3, 0.4) is 0 Å². The van der Waals surface area contributed by atoms with Crippen molar-refractivity contribution in [2.24, 2.45) is 11.8 Å². The predicted octanol–water partition coefficient (Wildman–Crippen LogP) is 2.53. The summed E-state index contributed by atoms with van der Waals surface area (Å²) in [5, 5.41) is 7.54. The second kappa shape index (κ2) is 10.1. The summed E-state index contributed by atoms with van der Waals surface area (Å²) in [5.41, 5.74) is 0.784. The van der Waals surface area contributed by atoms with Crippen LogP contribution in [0, 0.1) is 11.8 Å². The van der Waals surface area contributed by atoms with Crippen molar-refractivity contribution in [1.82, 2.24) is 19.6 Å². The number of ether oxygens (including phenoxy) is 1. The van der Waals surface area contributed by atoms with Gasteiger partial charge in [0.25, 0.3) is 0 Å². The van der Waals surface area contributed by atoms with Crippen molar-refractivity contribution in [1.29, 1.82) is 0 Å². The lowest BCUT2D eigenvalue weighted by molar-refractivity contribution is -0.134. The number of amides is 2. The molecule has 8 nitrogen and oxygen atoms in total. The molecule has 4 rings (SSSR count). The van der Waals surface area contributed by atoms with E-state index in [1.165, 1.54) is 32.1 Å². The van der Waals surface area contributed by atoms with E-state index >= 15 is 0 Å². The van der Waals surface area contributed by atoms with Gasteiger partial charge in [0.1, 0.15) is 6.61 Å². The first-order chi connectivity index (χ1) is 15.0. The maximum absolute atomic E-state index is 12.0. The molecule has 2 heterocycles. The summed E-state index contributed by atoms with van der Waals surface area (Å²) < 4.78 is 7.82. The number of hydrogen-bond acceptors (Lipinski definition) is 5. The summed E-state index contributed by atoms with van der Waals surface area (Å²) in [6, 6.07) is 0.545. The molecular formula is C23H37N5O3. The average Bonchev–Trinajstić information content (AvgIpc) is 3.40. The van der Waals surface area contributed by atoms with E-state index in [2.05, 4.69) is 15.3 Å². The van der Waals surface area contributed by atoms with Crippen molar-refractivity contribution < 1.29 is 14.3 Å². The minimum atomic E-state index is -0.00324. The molecule has 0 radical (unpaired) electrons. The van der Waals surface area contributed by atoms with Crippen molar-refractivity contribution in [3.05, 3.63) is 12.4 Å². The van der Waals surface area contributed by atoms with E-state index in [0.717, 1.165) is 44.0 Å². The Morgan fingerprint density at radius 3 is 2.68 bits per heavy atom. The molecule has 0 unspecified atom stereocenters. The predicted molar refractivity (Wildman–Crippen MR) is 119 cm³/mol. The SMILES string of the molecule is CN(C)C(=O)COC[C@@H]1C[C@H](n2cc(NC(=O)C3CC3)cn2)CN1CC1CCCCC1. The highest BCUT2D eigenvalue weighted by Gasteiger charge is 2.35. The van der Waals surface area contributed by atoms with E-state index in [1.54, 1.807) is 25.2 Å². The van der Waals surface area contributed by atoms with Gasteiger partial charge in [-0.1, -0.05) is 19.3 Å². The standard InChI is InChI=1S/C23H37N5O3/c1-26(2)22(29)16-31-15-21-10-20(14-27(21)12-17-6-4-3-5-7-17)28-13-19(11-24-28)25-23(30)18-8-9-18/h11,13,17-18,20-21H,3-10,12,14-16H2,1-2H3,(H,25,30)/t20-,21-/m0/s1. The van der Waals surface area contributed by atoms with Gasteiger partial charge >= 0.3 is 0 Å². The van der Waals surface area contributed by atoms with E-state index in [9.17, 15) is 9.59 Å². The van der Waals surface area contributed by atoms with Crippen molar-refractivity contribution in [3.8, 4) is 0 Å². The average molecular weight is 432 g/mol. The molecule has 1 aromatic rings. The molecule has 2 saturated carbocycles. The largest absolute Gasteiger partial charge is 0.370 e. The molecule has 1 saturated heterocycles. The summed E-state index contributed by atoms with van der Waals surface area (Å²) in [4.78, 5) is 28.0. The molecule has 1 aliphatic heterocycles. The summed E-state index contributed by atoms with van der Waals surface area (Å²) >= 11 is 0.